The highest BCUT2D eigenvalue weighted by Crippen LogP contribution is 2.19. The van der Waals surface area contributed by atoms with Gasteiger partial charge >= 0.3 is 6.03 Å². The van der Waals surface area contributed by atoms with Crippen LogP contribution < -0.4 is 10.6 Å². The summed E-state index contributed by atoms with van der Waals surface area (Å²) >= 11 is 0. The number of imidazole rings is 1. The number of benzene rings is 1. The van der Waals surface area contributed by atoms with Gasteiger partial charge in [0.2, 0.25) is 0 Å². The van der Waals surface area contributed by atoms with Crippen LogP contribution in [-0.2, 0) is 6.54 Å². The van der Waals surface area contributed by atoms with Gasteiger partial charge in [-0.05, 0) is 43.5 Å². The van der Waals surface area contributed by atoms with Crippen LogP contribution >= 0.6 is 0 Å². The van der Waals surface area contributed by atoms with Crippen molar-refractivity contribution in [1.82, 2.24) is 19.8 Å². The molecule has 0 spiro atoms. The first-order valence-electron chi connectivity index (χ1n) is 8.54. The number of hydrogen-bond donors (Lipinski definition) is 2. The second kappa shape index (κ2) is 7.83. The second-order valence-electron chi connectivity index (χ2n) is 6.21. The average Bonchev–Trinajstić information content (AvgIpc) is 3.29. The number of amides is 3. The van der Waals surface area contributed by atoms with E-state index < -0.39 is 0 Å². The molecule has 2 aromatic rings. The lowest BCUT2D eigenvalue weighted by Gasteiger charge is -2.16. The molecule has 7 nitrogen and oxygen atoms in total. The summed E-state index contributed by atoms with van der Waals surface area (Å²) in [5.74, 6) is 0.0666. The number of aryl methyl sites for hydroxylation is 1. The van der Waals surface area contributed by atoms with Gasteiger partial charge in [0.05, 0.1) is 6.33 Å². The largest absolute Gasteiger partial charge is 0.339 e. The maximum absolute atomic E-state index is 12.4. The highest BCUT2D eigenvalue weighted by molar-refractivity contribution is 5.96. The summed E-state index contributed by atoms with van der Waals surface area (Å²) in [6.07, 6.45) is 7.40. The summed E-state index contributed by atoms with van der Waals surface area (Å²) in [7, 11) is 0. The molecular formula is C18H23N5O2. The molecule has 1 aromatic carbocycles. The van der Waals surface area contributed by atoms with Crippen LogP contribution in [0.3, 0.4) is 0 Å². The Bertz CT molecular complexity index is 736. The van der Waals surface area contributed by atoms with Crippen LogP contribution in [0.15, 0.2) is 36.9 Å². The van der Waals surface area contributed by atoms with Gasteiger partial charge in [0, 0.05) is 49.8 Å². The number of nitrogens with zero attached hydrogens (tertiary/aromatic N) is 3. The first kappa shape index (κ1) is 17.0. The summed E-state index contributed by atoms with van der Waals surface area (Å²) in [4.78, 5) is 30.2. The van der Waals surface area contributed by atoms with Gasteiger partial charge in [-0.15, -0.1) is 0 Å². The number of carbonyl (C=O) groups is 2. The molecule has 1 saturated heterocycles. The van der Waals surface area contributed by atoms with Gasteiger partial charge in [-0.25, -0.2) is 9.78 Å². The molecule has 1 aromatic heterocycles. The topological polar surface area (TPSA) is 79.3 Å². The lowest BCUT2D eigenvalue weighted by Crippen LogP contribution is -2.31. The van der Waals surface area contributed by atoms with Crippen molar-refractivity contribution in [2.24, 2.45) is 0 Å². The lowest BCUT2D eigenvalue weighted by molar-refractivity contribution is 0.0792. The van der Waals surface area contributed by atoms with Gasteiger partial charge in [-0.2, -0.15) is 0 Å². The van der Waals surface area contributed by atoms with E-state index in [2.05, 4.69) is 15.6 Å². The third-order valence-corrected chi connectivity index (χ3v) is 4.33. The Hall–Kier alpha value is -2.83. The number of likely N-dealkylation sites (tertiary alicyclic amines) is 1. The van der Waals surface area contributed by atoms with Crippen molar-refractivity contribution < 1.29 is 9.59 Å². The standard InChI is InChI=1S/C18H23N5O2/c1-14-12-15(17(24)23-8-2-3-9-23)4-5-16(14)21-18(25)20-7-11-22-10-6-19-13-22/h4-6,10,12-13H,2-3,7-9,11H2,1H3,(H2,20,21,25). The minimum atomic E-state index is -0.262. The fourth-order valence-electron chi connectivity index (χ4n) is 2.92. The Morgan fingerprint density at radius 3 is 2.72 bits per heavy atom. The van der Waals surface area contributed by atoms with E-state index >= 15 is 0 Å². The van der Waals surface area contributed by atoms with Crippen LogP contribution in [0.4, 0.5) is 10.5 Å². The van der Waals surface area contributed by atoms with E-state index in [-0.39, 0.29) is 11.9 Å². The molecule has 1 fully saturated rings. The number of carbonyl (C=O) groups excluding carboxylic acids is 2. The first-order valence-corrected chi connectivity index (χ1v) is 8.54. The van der Waals surface area contributed by atoms with E-state index in [1.54, 1.807) is 24.7 Å². The van der Waals surface area contributed by atoms with E-state index in [9.17, 15) is 9.59 Å². The number of rotatable bonds is 5. The molecule has 0 radical (unpaired) electrons. The summed E-state index contributed by atoms with van der Waals surface area (Å²) in [5.41, 5.74) is 2.25. The van der Waals surface area contributed by atoms with Crippen molar-refractivity contribution >= 4 is 17.6 Å². The maximum atomic E-state index is 12.4. The molecule has 3 rings (SSSR count). The maximum Gasteiger partial charge on any atom is 0.319 e. The van der Waals surface area contributed by atoms with Crippen molar-refractivity contribution in [3.8, 4) is 0 Å². The van der Waals surface area contributed by atoms with E-state index in [1.807, 2.05) is 28.7 Å². The van der Waals surface area contributed by atoms with E-state index in [0.29, 0.717) is 24.3 Å². The molecule has 0 aliphatic carbocycles. The molecule has 0 unspecified atom stereocenters. The van der Waals surface area contributed by atoms with Crippen LogP contribution in [0, 0.1) is 6.92 Å². The van der Waals surface area contributed by atoms with Crippen molar-refractivity contribution in [3.63, 3.8) is 0 Å². The predicted octanol–water partition coefficient (Wildman–Crippen LogP) is 2.25. The Morgan fingerprint density at radius 1 is 1.24 bits per heavy atom. The van der Waals surface area contributed by atoms with Crippen molar-refractivity contribution in [1.29, 1.82) is 0 Å². The second-order valence-corrected chi connectivity index (χ2v) is 6.21. The van der Waals surface area contributed by atoms with Gasteiger partial charge < -0.3 is 20.1 Å². The Balaban J connectivity index is 1.53. The van der Waals surface area contributed by atoms with Crippen LogP contribution in [0.5, 0.6) is 0 Å². The quantitative estimate of drug-likeness (QED) is 0.875. The van der Waals surface area contributed by atoms with Gasteiger partial charge in [0.15, 0.2) is 0 Å². The highest BCUT2D eigenvalue weighted by Gasteiger charge is 2.19. The third-order valence-electron chi connectivity index (χ3n) is 4.33. The summed E-state index contributed by atoms with van der Waals surface area (Å²) in [6.45, 7) is 4.72. The fourth-order valence-corrected chi connectivity index (χ4v) is 2.92. The summed E-state index contributed by atoms with van der Waals surface area (Å²) in [5, 5.41) is 5.63. The minimum absolute atomic E-state index is 0.0666. The predicted molar refractivity (Wildman–Crippen MR) is 95.6 cm³/mol. The SMILES string of the molecule is Cc1cc(C(=O)N2CCCC2)ccc1NC(=O)NCCn1ccnc1. The normalized spacial score (nSPS) is 13.7. The Kier molecular flexibility index (Phi) is 5.33. The highest BCUT2D eigenvalue weighted by atomic mass is 16.2. The van der Waals surface area contributed by atoms with Gasteiger partial charge in [0.25, 0.3) is 5.91 Å². The molecule has 2 N–H and O–H groups in total. The Morgan fingerprint density at radius 2 is 2.04 bits per heavy atom. The molecule has 0 atom stereocenters. The lowest BCUT2D eigenvalue weighted by atomic mass is 10.1. The van der Waals surface area contributed by atoms with Crippen LogP contribution in [-0.4, -0.2) is 46.0 Å². The van der Waals surface area contributed by atoms with E-state index in [4.69, 9.17) is 0 Å². The Labute approximate surface area is 147 Å². The zero-order valence-electron chi connectivity index (χ0n) is 14.4. The molecular weight excluding hydrogens is 318 g/mol. The number of nitrogens with one attached hydrogen (secondary N) is 2. The zero-order valence-corrected chi connectivity index (χ0v) is 14.4. The fraction of sp³-hybridized carbons (Fsp3) is 0.389. The van der Waals surface area contributed by atoms with E-state index in [1.165, 1.54) is 0 Å². The molecule has 1 aliphatic heterocycles. The van der Waals surface area contributed by atoms with Gasteiger partial charge in [-0.3, -0.25) is 4.79 Å². The number of hydrogen-bond acceptors (Lipinski definition) is 3. The summed E-state index contributed by atoms with van der Waals surface area (Å²) in [6, 6.07) is 5.13. The molecule has 0 saturated carbocycles. The monoisotopic (exact) mass is 341 g/mol. The van der Waals surface area contributed by atoms with Gasteiger partial charge in [0.1, 0.15) is 0 Å². The number of urea groups is 1. The molecule has 0 bridgehead atoms. The van der Waals surface area contributed by atoms with Gasteiger partial charge in [-0.1, -0.05) is 0 Å². The number of aromatic nitrogens is 2. The van der Waals surface area contributed by atoms with Crippen molar-refractivity contribution in [2.45, 2.75) is 26.3 Å². The molecule has 25 heavy (non-hydrogen) atoms. The average molecular weight is 341 g/mol. The smallest absolute Gasteiger partial charge is 0.319 e. The molecule has 3 amide bonds. The molecule has 2 heterocycles. The summed E-state index contributed by atoms with van der Waals surface area (Å²) < 4.78 is 1.89. The first-order chi connectivity index (χ1) is 12.1. The van der Waals surface area contributed by atoms with Crippen LogP contribution in [0.25, 0.3) is 0 Å². The third kappa shape index (κ3) is 4.37. The minimum Gasteiger partial charge on any atom is -0.339 e. The molecule has 132 valence electrons. The van der Waals surface area contributed by atoms with Crippen molar-refractivity contribution in [2.75, 3.05) is 25.0 Å². The van der Waals surface area contributed by atoms with E-state index in [0.717, 1.165) is 31.5 Å². The molecule has 1 aliphatic rings. The zero-order chi connectivity index (χ0) is 17.6. The molecule has 7 heteroatoms. The number of anilines is 1. The van der Waals surface area contributed by atoms with Crippen molar-refractivity contribution in [3.05, 3.63) is 48.0 Å². The van der Waals surface area contributed by atoms with Crippen LogP contribution in [0.1, 0.15) is 28.8 Å². The van der Waals surface area contributed by atoms with Crippen LogP contribution in [0.2, 0.25) is 0 Å².